The van der Waals surface area contributed by atoms with Gasteiger partial charge in [-0.25, -0.2) is 0 Å². The van der Waals surface area contributed by atoms with Crippen LogP contribution in [0.1, 0.15) is 27.2 Å². The van der Waals surface area contributed by atoms with Crippen LogP contribution in [0.25, 0.3) is 0 Å². The molecule has 1 heteroatoms. The number of hydrogen-bond donors (Lipinski definition) is 0. The molecule has 0 unspecified atom stereocenters. The predicted octanol–water partition coefficient (Wildman–Crippen LogP) is 3.80. The molecule has 0 radical (unpaired) electrons. The average molecular weight is 169 g/mol. The third-order valence-electron chi connectivity index (χ3n) is 1.54. The van der Waals surface area contributed by atoms with Crippen LogP contribution in [0.3, 0.4) is 0 Å². The maximum absolute atomic E-state index is 6.04. The Bertz CT molecular complexity index is 250. The first-order chi connectivity index (χ1) is 5.11. The van der Waals surface area contributed by atoms with Crippen molar-refractivity contribution in [2.45, 2.75) is 27.2 Å². The van der Waals surface area contributed by atoms with Crippen molar-refractivity contribution in [2.75, 3.05) is 0 Å². The highest BCUT2D eigenvalue weighted by atomic mass is 35.5. The minimum Gasteiger partial charge on any atom is -0.0837 e. The summed E-state index contributed by atoms with van der Waals surface area (Å²) in [4.78, 5) is 0. The van der Waals surface area contributed by atoms with Crippen molar-refractivity contribution in [1.82, 2.24) is 0 Å². The molecule has 1 aliphatic rings. The van der Waals surface area contributed by atoms with Gasteiger partial charge >= 0.3 is 0 Å². The molecule has 0 saturated heterocycles. The first-order valence-corrected chi connectivity index (χ1v) is 4.19. The smallest absolute Gasteiger partial charge is 0.0467 e. The molecule has 0 bridgehead atoms. The van der Waals surface area contributed by atoms with Gasteiger partial charge in [0.15, 0.2) is 0 Å². The second-order valence-corrected chi connectivity index (χ2v) is 3.53. The Morgan fingerprint density at radius 3 is 2.36 bits per heavy atom. The molecule has 0 atom stereocenters. The molecule has 60 valence electrons. The van der Waals surface area contributed by atoms with Gasteiger partial charge in [-0.15, -0.1) is 0 Å². The van der Waals surface area contributed by atoms with E-state index < -0.39 is 0 Å². The first kappa shape index (κ1) is 8.61. The summed E-state index contributed by atoms with van der Waals surface area (Å²) < 4.78 is 0. The number of halogens is 1. The molecule has 0 saturated carbocycles. The van der Waals surface area contributed by atoms with Gasteiger partial charge in [-0.3, -0.25) is 0 Å². The highest BCUT2D eigenvalue weighted by Crippen LogP contribution is 2.32. The second kappa shape index (κ2) is 3.27. The summed E-state index contributed by atoms with van der Waals surface area (Å²) in [6.45, 7) is 6.21. The van der Waals surface area contributed by atoms with Crippen LogP contribution in [-0.4, -0.2) is 0 Å². The molecule has 0 spiro atoms. The monoisotopic (exact) mass is 168 g/mol. The lowest BCUT2D eigenvalue weighted by atomic mass is 10.2. The second-order valence-electron chi connectivity index (χ2n) is 3.15. The van der Waals surface area contributed by atoms with Crippen molar-refractivity contribution >= 4 is 11.6 Å². The van der Waals surface area contributed by atoms with E-state index >= 15 is 0 Å². The molecular formula is C10H13Cl. The molecule has 1 rings (SSSR count). The van der Waals surface area contributed by atoms with E-state index in [0.717, 1.165) is 11.5 Å². The molecular weight excluding hydrogens is 156 g/mol. The summed E-state index contributed by atoms with van der Waals surface area (Å²) in [7, 11) is 0. The molecule has 11 heavy (non-hydrogen) atoms. The zero-order chi connectivity index (χ0) is 8.43. The zero-order valence-corrected chi connectivity index (χ0v) is 8.00. The van der Waals surface area contributed by atoms with E-state index in [1.165, 1.54) is 16.7 Å². The van der Waals surface area contributed by atoms with Crippen molar-refractivity contribution in [2.24, 2.45) is 0 Å². The molecule has 0 nitrogen and oxygen atoms in total. The predicted molar refractivity (Wildman–Crippen MR) is 50.7 cm³/mol. The highest BCUT2D eigenvalue weighted by molar-refractivity contribution is 6.33. The number of allylic oxidation sites excluding steroid dienone is 6. The van der Waals surface area contributed by atoms with Crippen LogP contribution < -0.4 is 0 Å². The van der Waals surface area contributed by atoms with Crippen molar-refractivity contribution in [1.29, 1.82) is 0 Å². The molecule has 1 aliphatic carbocycles. The van der Waals surface area contributed by atoms with Crippen LogP contribution in [0.2, 0.25) is 0 Å². The quantitative estimate of drug-likeness (QED) is 0.551. The van der Waals surface area contributed by atoms with Gasteiger partial charge in [0.05, 0.1) is 0 Å². The van der Waals surface area contributed by atoms with Gasteiger partial charge in [0.25, 0.3) is 0 Å². The summed E-state index contributed by atoms with van der Waals surface area (Å²) in [5, 5.41) is 0.936. The lowest BCUT2D eigenvalue weighted by Gasteiger charge is -1.96. The van der Waals surface area contributed by atoms with Gasteiger partial charge < -0.3 is 0 Å². The van der Waals surface area contributed by atoms with Crippen molar-refractivity contribution in [3.05, 3.63) is 33.9 Å². The van der Waals surface area contributed by atoms with Crippen LogP contribution in [0, 0.1) is 0 Å². The number of hydrogen-bond acceptors (Lipinski definition) is 0. The Balaban J connectivity index is 2.77. The number of rotatable bonds is 2. The third-order valence-corrected chi connectivity index (χ3v) is 2.08. The fourth-order valence-corrected chi connectivity index (χ4v) is 1.19. The van der Waals surface area contributed by atoms with Crippen LogP contribution in [0.4, 0.5) is 0 Å². The molecule has 0 aromatic rings. The van der Waals surface area contributed by atoms with Gasteiger partial charge in [-0.05, 0) is 38.3 Å². The molecule has 0 aromatic carbocycles. The van der Waals surface area contributed by atoms with Gasteiger partial charge in [0.1, 0.15) is 0 Å². The standard InChI is InChI=1S/C10H13Cl/c1-7(2)6-8(3)10(11)9-4-5-9/h4,6H,5H2,1-3H3/b10-8+. The maximum atomic E-state index is 6.04. The average Bonchev–Trinajstić information content (AvgIpc) is 2.65. The summed E-state index contributed by atoms with van der Waals surface area (Å²) in [5.41, 5.74) is 3.76. The van der Waals surface area contributed by atoms with E-state index in [9.17, 15) is 0 Å². The topological polar surface area (TPSA) is 0 Å². The van der Waals surface area contributed by atoms with Gasteiger partial charge in [0.2, 0.25) is 0 Å². The van der Waals surface area contributed by atoms with Gasteiger partial charge in [-0.1, -0.05) is 29.3 Å². The zero-order valence-electron chi connectivity index (χ0n) is 7.24. The van der Waals surface area contributed by atoms with Crippen molar-refractivity contribution in [3.63, 3.8) is 0 Å². The lowest BCUT2D eigenvalue weighted by Crippen LogP contribution is -1.76. The first-order valence-electron chi connectivity index (χ1n) is 3.82. The Kier molecular flexibility index (Phi) is 2.56. The summed E-state index contributed by atoms with van der Waals surface area (Å²) in [5.74, 6) is 0. The molecule has 0 N–H and O–H groups in total. The normalized spacial score (nSPS) is 16.9. The molecule has 0 aromatic heterocycles. The van der Waals surface area contributed by atoms with E-state index in [0.29, 0.717) is 0 Å². The Hall–Kier alpha value is -0.490. The molecule has 0 heterocycles. The Morgan fingerprint density at radius 2 is 2.00 bits per heavy atom. The van der Waals surface area contributed by atoms with Crippen LogP contribution in [0.15, 0.2) is 33.9 Å². The maximum Gasteiger partial charge on any atom is 0.0467 e. The van der Waals surface area contributed by atoms with Gasteiger partial charge in [0, 0.05) is 5.03 Å². The Morgan fingerprint density at radius 1 is 1.45 bits per heavy atom. The van der Waals surface area contributed by atoms with Crippen molar-refractivity contribution < 1.29 is 0 Å². The van der Waals surface area contributed by atoms with Crippen LogP contribution >= 0.6 is 11.6 Å². The highest BCUT2D eigenvalue weighted by Gasteiger charge is 2.12. The lowest BCUT2D eigenvalue weighted by molar-refractivity contribution is 1.34. The van der Waals surface area contributed by atoms with E-state index in [4.69, 9.17) is 11.6 Å². The fraction of sp³-hybridized carbons (Fsp3) is 0.400. The third kappa shape index (κ3) is 2.55. The molecule has 0 fully saturated rings. The van der Waals surface area contributed by atoms with Crippen LogP contribution in [0.5, 0.6) is 0 Å². The summed E-state index contributed by atoms with van der Waals surface area (Å²) >= 11 is 6.04. The van der Waals surface area contributed by atoms with Crippen molar-refractivity contribution in [3.8, 4) is 0 Å². The van der Waals surface area contributed by atoms with E-state index in [-0.39, 0.29) is 0 Å². The summed E-state index contributed by atoms with van der Waals surface area (Å²) in [6, 6.07) is 0. The molecule has 0 amide bonds. The van der Waals surface area contributed by atoms with E-state index in [2.05, 4.69) is 32.9 Å². The van der Waals surface area contributed by atoms with Crippen LogP contribution in [-0.2, 0) is 0 Å². The van der Waals surface area contributed by atoms with E-state index in [1.54, 1.807) is 0 Å². The molecule has 0 aliphatic heterocycles. The minimum atomic E-state index is 0.936. The van der Waals surface area contributed by atoms with Gasteiger partial charge in [-0.2, -0.15) is 0 Å². The SMILES string of the molecule is CC(C)=C/C(C)=C(/Cl)C1=CC1. The minimum absolute atomic E-state index is 0.936. The van der Waals surface area contributed by atoms with E-state index in [1.807, 2.05) is 0 Å². The fourth-order valence-electron chi connectivity index (χ4n) is 0.980. The summed E-state index contributed by atoms with van der Waals surface area (Å²) in [6.07, 6.45) is 5.33. The largest absolute Gasteiger partial charge is 0.0837 e. The Labute approximate surface area is 73.3 Å².